The van der Waals surface area contributed by atoms with Gasteiger partial charge >= 0.3 is 5.97 Å². The molecule has 3 atom stereocenters. The lowest BCUT2D eigenvalue weighted by Gasteiger charge is -2.22. The molecule has 0 aromatic heterocycles. The van der Waals surface area contributed by atoms with E-state index in [1.807, 2.05) is 6.92 Å². The lowest BCUT2D eigenvalue weighted by molar-refractivity contribution is -0.147. The van der Waals surface area contributed by atoms with E-state index in [9.17, 15) is 4.79 Å². The van der Waals surface area contributed by atoms with Crippen LogP contribution in [-0.2, 0) is 9.53 Å². The van der Waals surface area contributed by atoms with Gasteiger partial charge in [0.2, 0.25) is 0 Å². The Bertz CT molecular complexity index is 224. The largest absolute Gasteiger partial charge is 0.481 e. The third-order valence-electron chi connectivity index (χ3n) is 2.72. The smallest absolute Gasteiger partial charge is 0.308 e. The molecular formula is C10H16O3. The summed E-state index contributed by atoms with van der Waals surface area (Å²) in [6, 6.07) is 0. The van der Waals surface area contributed by atoms with Crippen LogP contribution in [0.15, 0.2) is 12.7 Å². The van der Waals surface area contributed by atoms with Crippen LogP contribution in [0.1, 0.15) is 26.7 Å². The zero-order chi connectivity index (χ0) is 10.1. The van der Waals surface area contributed by atoms with Crippen molar-refractivity contribution < 1.29 is 14.6 Å². The van der Waals surface area contributed by atoms with Crippen molar-refractivity contribution in [2.45, 2.75) is 38.4 Å². The average molecular weight is 184 g/mol. The van der Waals surface area contributed by atoms with Gasteiger partial charge in [-0.1, -0.05) is 6.08 Å². The first-order valence-electron chi connectivity index (χ1n) is 4.53. The highest BCUT2D eigenvalue weighted by Crippen LogP contribution is 2.34. The normalized spacial score (nSPS) is 35.7. The molecule has 0 radical (unpaired) electrons. The maximum absolute atomic E-state index is 10.7. The zero-order valence-corrected chi connectivity index (χ0v) is 8.12. The lowest BCUT2D eigenvalue weighted by Crippen LogP contribution is -2.29. The first kappa shape index (κ1) is 10.3. The van der Waals surface area contributed by atoms with Crippen molar-refractivity contribution in [1.29, 1.82) is 0 Å². The minimum absolute atomic E-state index is 0.166. The molecule has 1 aliphatic rings. The molecule has 1 fully saturated rings. The van der Waals surface area contributed by atoms with Crippen LogP contribution in [0.4, 0.5) is 0 Å². The van der Waals surface area contributed by atoms with Crippen molar-refractivity contribution in [3.05, 3.63) is 12.7 Å². The van der Waals surface area contributed by atoms with E-state index in [0.29, 0.717) is 0 Å². The molecule has 3 nitrogen and oxygen atoms in total. The van der Waals surface area contributed by atoms with E-state index in [2.05, 4.69) is 6.58 Å². The van der Waals surface area contributed by atoms with Crippen molar-refractivity contribution in [3.63, 3.8) is 0 Å². The van der Waals surface area contributed by atoms with Gasteiger partial charge in [0.05, 0.1) is 17.6 Å². The number of hydrogen-bond donors (Lipinski definition) is 1. The fourth-order valence-corrected chi connectivity index (χ4v) is 1.55. The summed E-state index contributed by atoms with van der Waals surface area (Å²) in [5.41, 5.74) is -0.325. The Morgan fingerprint density at radius 3 is 2.85 bits per heavy atom. The molecule has 0 bridgehead atoms. The molecule has 1 heterocycles. The van der Waals surface area contributed by atoms with E-state index in [1.165, 1.54) is 0 Å². The minimum atomic E-state index is -0.793. The number of carbonyl (C=O) groups is 1. The maximum atomic E-state index is 10.7. The SMILES string of the molecule is C=C[C@@]1(C)CC[C@@H]([C@@H](C)C(=O)O)O1. The monoisotopic (exact) mass is 184 g/mol. The molecule has 13 heavy (non-hydrogen) atoms. The Morgan fingerprint density at radius 2 is 2.46 bits per heavy atom. The summed E-state index contributed by atoms with van der Waals surface area (Å²) in [5.74, 6) is -1.22. The molecule has 1 saturated heterocycles. The molecule has 0 aliphatic carbocycles. The van der Waals surface area contributed by atoms with Crippen LogP contribution in [0.3, 0.4) is 0 Å². The van der Waals surface area contributed by atoms with Gasteiger partial charge in [0.1, 0.15) is 0 Å². The summed E-state index contributed by atoms with van der Waals surface area (Å²) in [6.07, 6.45) is 3.25. The van der Waals surface area contributed by atoms with Crippen molar-refractivity contribution in [1.82, 2.24) is 0 Å². The fraction of sp³-hybridized carbons (Fsp3) is 0.700. The van der Waals surface area contributed by atoms with Gasteiger partial charge in [-0.2, -0.15) is 0 Å². The van der Waals surface area contributed by atoms with Crippen LogP contribution in [-0.4, -0.2) is 22.8 Å². The van der Waals surface area contributed by atoms with Crippen LogP contribution in [0, 0.1) is 5.92 Å². The molecule has 1 aliphatic heterocycles. The molecule has 1 N–H and O–H groups in total. The van der Waals surface area contributed by atoms with Gasteiger partial charge in [-0.25, -0.2) is 0 Å². The molecule has 0 unspecified atom stereocenters. The topological polar surface area (TPSA) is 46.5 Å². The Morgan fingerprint density at radius 1 is 1.85 bits per heavy atom. The van der Waals surface area contributed by atoms with Gasteiger partial charge in [-0.15, -0.1) is 6.58 Å². The molecule has 3 heteroatoms. The highest BCUT2D eigenvalue weighted by Gasteiger charge is 2.38. The standard InChI is InChI=1S/C10H16O3/c1-4-10(3)6-5-8(13-10)7(2)9(11)12/h4,7-8H,1,5-6H2,2-3H3,(H,11,12)/t7-,8+,10+/m1/s1. The van der Waals surface area contributed by atoms with E-state index in [-0.39, 0.29) is 11.7 Å². The Kier molecular flexibility index (Phi) is 2.76. The van der Waals surface area contributed by atoms with E-state index in [4.69, 9.17) is 9.84 Å². The zero-order valence-electron chi connectivity index (χ0n) is 8.12. The van der Waals surface area contributed by atoms with Crippen LogP contribution >= 0.6 is 0 Å². The van der Waals surface area contributed by atoms with E-state index >= 15 is 0 Å². The maximum Gasteiger partial charge on any atom is 0.308 e. The van der Waals surface area contributed by atoms with Gasteiger partial charge in [-0.3, -0.25) is 4.79 Å². The molecule has 1 rings (SSSR count). The predicted molar refractivity (Wildman–Crippen MR) is 49.5 cm³/mol. The molecule has 0 aromatic carbocycles. The summed E-state index contributed by atoms with van der Waals surface area (Å²) >= 11 is 0. The highest BCUT2D eigenvalue weighted by molar-refractivity contribution is 5.70. The predicted octanol–water partition coefficient (Wildman–Crippen LogP) is 1.83. The number of carboxylic acid groups (broad SMARTS) is 1. The van der Waals surface area contributed by atoms with Gasteiger partial charge in [0.15, 0.2) is 0 Å². The molecule has 74 valence electrons. The van der Waals surface area contributed by atoms with Crippen LogP contribution in [0.5, 0.6) is 0 Å². The Balaban J connectivity index is 2.59. The number of ether oxygens (including phenoxy) is 1. The van der Waals surface area contributed by atoms with Gasteiger partial charge < -0.3 is 9.84 Å². The molecule has 0 amide bonds. The van der Waals surface area contributed by atoms with Gasteiger partial charge in [-0.05, 0) is 26.7 Å². The van der Waals surface area contributed by atoms with Crippen molar-refractivity contribution in [3.8, 4) is 0 Å². The molecule has 0 aromatic rings. The molecule has 0 saturated carbocycles. The fourth-order valence-electron chi connectivity index (χ4n) is 1.55. The third-order valence-corrected chi connectivity index (χ3v) is 2.72. The second kappa shape index (κ2) is 3.50. The second-order valence-corrected chi connectivity index (χ2v) is 3.84. The Hall–Kier alpha value is -0.830. The van der Waals surface area contributed by atoms with E-state index in [1.54, 1.807) is 13.0 Å². The van der Waals surface area contributed by atoms with Crippen molar-refractivity contribution >= 4 is 5.97 Å². The Labute approximate surface area is 78.4 Å². The number of hydrogen-bond acceptors (Lipinski definition) is 2. The molecular weight excluding hydrogens is 168 g/mol. The quantitative estimate of drug-likeness (QED) is 0.681. The minimum Gasteiger partial charge on any atom is -0.481 e. The van der Waals surface area contributed by atoms with Crippen molar-refractivity contribution in [2.75, 3.05) is 0 Å². The summed E-state index contributed by atoms with van der Waals surface area (Å²) in [4.78, 5) is 10.7. The summed E-state index contributed by atoms with van der Waals surface area (Å²) in [7, 11) is 0. The number of aliphatic carboxylic acids is 1. The molecule has 0 spiro atoms. The van der Waals surface area contributed by atoms with E-state index < -0.39 is 11.9 Å². The van der Waals surface area contributed by atoms with E-state index in [0.717, 1.165) is 12.8 Å². The van der Waals surface area contributed by atoms with Crippen LogP contribution in [0.25, 0.3) is 0 Å². The summed E-state index contributed by atoms with van der Waals surface area (Å²) < 4.78 is 5.62. The van der Waals surface area contributed by atoms with Crippen LogP contribution in [0.2, 0.25) is 0 Å². The first-order valence-corrected chi connectivity index (χ1v) is 4.53. The van der Waals surface area contributed by atoms with Crippen molar-refractivity contribution in [2.24, 2.45) is 5.92 Å². The third kappa shape index (κ3) is 2.10. The second-order valence-electron chi connectivity index (χ2n) is 3.84. The van der Waals surface area contributed by atoms with Gasteiger partial charge in [0, 0.05) is 0 Å². The summed E-state index contributed by atoms with van der Waals surface area (Å²) in [5, 5.41) is 8.78. The first-order chi connectivity index (χ1) is 5.98. The number of rotatable bonds is 3. The average Bonchev–Trinajstić information content (AvgIpc) is 2.47. The highest BCUT2D eigenvalue weighted by atomic mass is 16.5. The lowest BCUT2D eigenvalue weighted by atomic mass is 9.99. The number of carboxylic acids is 1. The van der Waals surface area contributed by atoms with Crippen LogP contribution < -0.4 is 0 Å². The summed E-state index contributed by atoms with van der Waals surface area (Å²) in [6.45, 7) is 7.30. The van der Waals surface area contributed by atoms with Gasteiger partial charge in [0.25, 0.3) is 0 Å².